The van der Waals surface area contributed by atoms with Crippen LogP contribution in [0.5, 0.6) is 5.75 Å². The summed E-state index contributed by atoms with van der Waals surface area (Å²) in [6, 6.07) is 7.85. The third-order valence-corrected chi connectivity index (χ3v) is 4.83. The molecule has 1 heterocycles. The highest BCUT2D eigenvalue weighted by atomic mass is 16.5. The quantitative estimate of drug-likeness (QED) is 0.557. The first-order valence-corrected chi connectivity index (χ1v) is 10.0. The van der Waals surface area contributed by atoms with E-state index in [1.165, 1.54) is 0 Å². The fraction of sp³-hybridized carbons (Fsp3) is 0.619. The van der Waals surface area contributed by atoms with Crippen molar-refractivity contribution in [3.05, 3.63) is 29.8 Å². The summed E-state index contributed by atoms with van der Waals surface area (Å²) in [4.78, 5) is 26.3. The molecule has 7 nitrogen and oxygen atoms in total. The molecular weight excluding hydrogens is 358 g/mol. The number of ether oxygens (including phenoxy) is 2. The van der Waals surface area contributed by atoms with Gasteiger partial charge in [0.2, 0.25) is 11.8 Å². The average Bonchev–Trinajstić information content (AvgIpc) is 2.69. The number of carbonyl (C=O) groups is 2. The van der Waals surface area contributed by atoms with Gasteiger partial charge in [-0.15, -0.1) is 0 Å². The van der Waals surface area contributed by atoms with Crippen molar-refractivity contribution in [2.24, 2.45) is 5.92 Å². The van der Waals surface area contributed by atoms with Crippen molar-refractivity contribution < 1.29 is 19.1 Å². The fourth-order valence-corrected chi connectivity index (χ4v) is 3.25. The molecule has 28 heavy (non-hydrogen) atoms. The van der Waals surface area contributed by atoms with Gasteiger partial charge in [0.1, 0.15) is 12.4 Å². The number of aryl methyl sites for hydroxylation is 1. The highest BCUT2D eigenvalue weighted by Crippen LogP contribution is 2.17. The molecular formula is C21H33N3O4. The predicted molar refractivity (Wildman–Crippen MR) is 108 cm³/mol. The number of hydrogen-bond donors (Lipinski definition) is 2. The Balaban J connectivity index is 1.55. The largest absolute Gasteiger partial charge is 0.492 e. The van der Waals surface area contributed by atoms with Crippen molar-refractivity contribution in [2.45, 2.75) is 26.2 Å². The number of nitrogens with zero attached hydrogens (tertiary/aromatic N) is 1. The summed E-state index contributed by atoms with van der Waals surface area (Å²) in [7, 11) is 1.66. The lowest BCUT2D eigenvalue weighted by Gasteiger charge is -2.30. The molecule has 0 bridgehead atoms. The molecule has 0 aromatic heterocycles. The second-order valence-corrected chi connectivity index (χ2v) is 7.20. The Kier molecular flexibility index (Phi) is 9.79. The number of piperidine rings is 1. The van der Waals surface area contributed by atoms with Crippen molar-refractivity contribution in [1.29, 1.82) is 0 Å². The van der Waals surface area contributed by atoms with E-state index in [4.69, 9.17) is 9.47 Å². The first-order chi connectivity index (χ1) is 13.6. The molecule has 1 aliphatic heterocycles. The van der Waals surface area contributed by atoms with E-state index in [1.807, 2.05) is 31.2 Å². The molecule has 2 rings (SSSR count). The lowest BCUT2D eigenvalue weighted by atomic mass is 9.96. The molecule has 1 aromatic rings. The van der Waals surface area contributed by atoms with Crippen LogP contribution < -0.4 is 15.4 Å². The highest BCUT2D eigenvalue weighted by molar-refractivity contribution is 5.79. The maximum atomic E-state index is 12.1. The summed E-state index contributed by atoms with van der Waals surface area (Å²) in [5, 5.41) is 5.86. The normalized spacial score (nSPS) is 15.2. The maximum absolute atomic E-state index is 12.1. The van der Waals surface area contributed by atoms with Crippen LogP contribution in [0.3, 0.4) is 0 Å². The van der Waals surface area contributed by atoms with Gasteiger partial charge in [0, 0.05) is 26.2 Å². The standard InChI is InChI=1S/C21H33N3O4/c1-17-5-3-6-19(15-17)28-14-10-22-20(25)16-24-11-7-18(8-12-24)21(26)23-9-4-13-27-2/h3,5-6,15,18H,4,7-14,16H2,1-2H3,(H,22,25)(H,23,26). The minimum Gasteiger partial charge on any atom is -0.492 e. The Bertz CT molecular complexity index is 615. The second kappa shape index (κ2) is 12.4. The van der Waals surface area contributed by atoms with E-state index < -0.39 is 0 Å². The molecule has 0 aliphatic carbocycles. The van der Waals surface area contributed by atoms with Crippen LogP contribution in [-0.4, -0.2) is 69.8 Å². The first kappa shape index (κ1) is 22.2. The van der Waals surface area contributed by atoms with Crippen LogP contribution in [0.4, 0.5) is 0 Å². The van der Waals surface area contributed by atoms with E-state index in [0.717, 1.165) is 43.7 Å². The number of likely N-dealkylation sites (tertiary alicyclic amines) is 1. The maximum Gasteiger partial charge on any atom is 0.234 e. The topological polar surface area (TPSA) is 79.9 Å². The van der Waals surface area contributed by atoms with Gasteiger partial charge in [-0.2, -0.15) is 0 Å². The zero-order valence-corrected chi connectivity index (χ0v) is 17.0. The van der Waals surface area contributed by atoms with Crippen LogP contribution in [-0.2, 0) is 14.3 Å². The third kappa shape index (κ3) is 8.27. The van der Waals surface area contributed by atoms with E-state index in [9.17, 15) is 9.59 Å². The number of nitrogens with one attached hydrogen (secondary N) is 2. The van der Waals surface area contributed by atoms with Crippen LogP contribution in [0.1, 0.15) is 24.8 Å². The predicted octanol–water partition coefficient (Wildman–Crippen LogP) is 1.35. The molecule has 0 radical (unpaired) electrons. The molecule has 1 saturated heterocycles. The second-order valence-electron chi connectivity index (χ2n) is 7.20. The number of benzene rings is 1. The van der Waals surface area contributed by atoms with E-state index in [1.54, 1.807) is 7.11 Å². The molecule has 2 amide bonds. The molecule has 156 valence electrons. The molecule has 7 heteroatoms. The van der Waals surface area contributed by atoms with Gasteiger partial charge < -0.3 is 20.1 Å². The fourth-order valence-electron chi connectivity index (χ4n) is 3.25. The van der Waals surface area contributed by atoms with Crippen LogP contribution in [0.2, 0.25) is 0 Å². The van der Waals surface area contributed by atoms with Crippen LogP contribution in [0.15, 0.2) is 24.3 Å². The number of amides is 2. The number of methoxy groups -OCH3 is 1. The number of hydrogen-bond acceptors (Lipinski definition) is 5. The SMILES string of the molecule is COCCCNC(=O)C1CCN(CC(=O)NCCOc2cccc(C)c2)CC1. The van der Waals surface area contributed by atoms with Crippen LogP contribution in [0.25, 0.3) is 0 Å². The Morgan fingerprint density at radius 2 is 1.93 bits per heavy atom. The highest BCUT2D eigenvalue weighted by Gasteiger charge is 2.25. The molecule has 2 N–H and O–H groups in total. The summed E-state index contributed by atoms with van der Waals surface area (Å²) in [5.41, 5.74) is 1.15. The van der Waals surface area contributed by atoms with Crippen molar-refractivity contribution in [1.82, 2.24) is 15.5 Å². The Morgan fingerprint density at radius 3 is 2.64 bits per heavy atom. The lowest BCUT2D eigenvalue weighted by molar-refractivity contribution is -0.126. The monoisotopic (exact) mass is 391 g/mol. The van der Waals surface area contributed by atoms with Gasteiger partial charge >= 0.3 is 0 Å². The van der Waals surface area contributed by atoms with Gasteiger partial charge in [-0.1, -0.05) is 12.1 Å². The minimum atomic E-state index is -0.00434. The Morgan fingerprint density at radius 1 is 1.14 bits per heavy atom. The summed E-state index contributed by atoms with van der Waals surface area (Å²) in [5.74, 6) is 0.977. The van der Waals surface area contributed by atoms with Gasteiger partial charge in [0.25, 0.3) is 0 Å². The molecule has 0 atom stereocenters. The van der Waals surface area contributed by atoms with E-state index in [2.05, 4.69) is 15.5 Å². The van der Waals surface area contributed by atoms with Gasteiger partial charge in [-0.05, 0) is 57.0 Å². The van der Waals surface area contributed by atoms with Gasteiger partial charge in [0.15, 0.2) is 0 Å². The van der Waals surface area contributed by atoms with Crippen molar-refractivity contribution in [3.8, 4) is 5.75 Å². The van der Waals surface area contributed by atoms with Gasteiger partial charge in [0.05, 0.1) is 13.1 Å². The number of carbonyl (C=O) groups excluding carboxylic acids is 2. The Hall–Kier alpha value is -2.12. The molecule has 0 spiro atoms. The van der Waals surface area contributed by atoms with E-state index in [0.29, 0.717) is 32.8 Å². The van der Waals surface area contributed by atoms with Crippen molar-refractivity contribution >= 4 is 11.8 Å². The summed E-state index contributed by atoms with van der Waals surface area (Å²) >= 11 is 0. The molecule has 1 aromatic carbocycles. The summed E-state index contributed by atoms with van der Waals surface area (Å²) in [6.45, 7) is 6.15. The Labute approximate surface area is 167 Å². The smallest absolute Gasteiger partial charge is 0.234 e. The minimum absolute atomic E-state index is 0.00434. The first-order valence-electron chi connectivity index (χ1n) is 10.0. The third-order valence-electron chi connectivity index (χ3n) is 4.83. The van der Waals surface area contributed by atoms with E-state index >= 15 is 0 Å². The summed E-state index contributed by atoms with van der Waals surface area (Å²) < 4.78 is 10.6. The number of rotatable bonds is 11. The lowest BCUT2D eigenvalue weighted by Crippen LogP contribution is -2.45. The van der Waals surface area contributed by atoms with Gasteiger partial charge in [-0.3, -0.25) is 14.5 Å². The van der Waals surface area contributed by atoms with Crippen LogP contribution >= 0.6 is 0 Å². The molecule has 0 saturated carbocycles. The molecule has 1 fully saturated rings. The molecule has 1 aliphatic rings. The molecule has 0 unspecified atom stereocenters. The van der Waals surface area contributed by atoms with Crippen LogP contribution in [0, 0.1) is 12.8 Å². The van der Waals surface area contributed by atoms with Crippen molar-refractivity contribution in [3.63, 3.8) is 0 Å². The van der Waals surface area contributed by atoms with Crippen molar-refractivity contribution in [2.75, 3.05) is 53.0 Å². The summed E-state index contributed by atoms with van der Waals surface area (Å²) in [6.07, 6.45) is 2.41. The van der Waals surface area contributed by atoms with Gasteiger partial charge in [-0.25, -0.2) is 0 Å². The zero-order chi connectivity index (χ0) is 20.2. The average molecular weight is 392 g/mol. The zero-order valence-electron chi connectivity index (χ0n) is 17.0. The van der Waals surface area contributed by atoms with E-state index in [-0.39, 0.29) is 17.7 Å².